The molecule has 4 N–H and O–H groups in total. The number of aromatic nitrogens is 2. The number of nitrogens with two attached hydrogens (primary N) is 1. The molecule has 0 aliphatic carbocycles. The van der Waals surface area contributed by atoms with Gasteiger partial charge in [0.1, 0.15) is 10.6 Å². The van der Waals surface area contributed by atoms with Gasteiger partial charge in [-0.1, -0.05) is 11.6 Å². The maximum Gasteiger partial charge on any atom is 0.416 e. The second-order valence-corrected chi connectivity index (χ2v) is 6.74. The number of benzene rings is 1. The summed E-state index contributed by atoms with van der Waals surface area (Å²) in [5.74, 6) is -1.02. The van der Waals surface area contributed by atoms with E-state index >= 15 is 0 Å². The number of halogens is 4. The third kappa shape index (κ3) is 3.46. The van der Waals surface area contributed by atoms with Crippen LogP contribution in [0.2, 0.25) is 5.02 Å². The van der Waals surface area contributed by atoms with Gasteiger partial charge in [-0.2, -0.15) is 18.3 Å². The number of alkyl halides is 3. The molecule has 12 heteroatoms. The number of aryl methyl sites for hydroxylation is 1. The Labute approximate surface area is 139 Å². The fourth-order valence-corrected chi connectivity index (χ4v) is 3.46. The number of hydrogen-bond acceptors (Lipinski definition) is 4. The SMILES string of the molecule is Cc1[nH]nc(C(N)=O)c1NS(=O)(=O)c1cc(C(F)(F)F)ccc1Cl. The summed E-state index contributed by atoms with van der Waals surface area (Å²) < 4.78 is 65.0. The van der Waals surface area contributed by atoms with Gasteiger partial charge in [0.05, 0.1) is 16.3 Å². The first-order chi connectivity index (χ1) is 10.9. The van der Waals surface area contributed by atoms with Crippen molar-refractivity contribution in [3.63, 3.8) is 0 Å². The lowest BCUT2D eigenvalue weighted by atomic mass is 10.2. The predicted octanol–water partition coefficient (Wildman–Crippen LogP) is 2.29. The lowest BCUT2D eigenvalue weighted by molar-refractivity contribution is -0.137. The Hall–Kier alpha value is -2.27. The number of amides is 1. The molecule has 0 saturated heterocycles. The van der Waals surface area contributed by atoms with Crippen LogP contribution in [0, 0.1) is 6.92 Å². The summed E-state index contributed by atoms with van der Waals surface area (Å²) in [6, 6.07) is 1.86. The molecule has 0 fully saturated rings. The standard InChI is InChI=1S/C12H10ClF3N4O3S/c1-5-9(10(11(17)21)19-18-5)20-24(22,23)8-4-6(12(14,15)16)2-3-7(8)13/h2-4,20H,1H3,(H2,17,21)(H,18,19). The Morgan fingerprint density at radius 2 is 2.00 bits per heavy atom. The molecule has 0 radical (unpaired) electrons. The zero-order valence-corrected chi connectivity index (χ0v) is 13.5. The van der Waals surface area contributed by atoms with Crippen LogP contribution in [0.5, 0.6) is 0 Å². The van der Waals surface area contributed by atoms with E-state index in [0.29, 0.717) is 12.1 Å². The number of sulfonamides is 1. The van der Waals surface area contributed by atoms with E-state index in [-0.39, 0.29) is 11.4 Å². The highest BCUT2D eigenvalue weighted by Gasteiger charge is 2.33. The van der Waals surface area contributed by atoms with Crippen LogP contribution in [0.1, 0.15) is 21.7 Å². The van der Waals surface area contributed by atoms with Crippen molar-refractivity contribution in [3.8, 4) is 0 Å². The molecule has 2 aromatic rings. The lowest BCUT2D eigenvalue weighted by Gasteiger charge is -2.12. The minimum absolute atomic E-state index is 0.149. The van der Waals surface area contributed by atoms with Crippen LogP contribution in [0.3, 0.4) is 0 Å². The van der Waals surface area contributed by atoms with Gasteiger partial charge in [-0.15, -0.1) is 0 Å². The molecule has 0 saturated carbocycles. The van der Waals surface area contributed by atoms with Crippen molar-refractivity contribution in [1.82, 2.24) is 10.2 Å². The first-order valence-electron chi connectivity index (χ1n) is 6.18. The van der Waals surface area contributed by atoms with Gasteiger partial charge in [-0.05, 0) is 25.1 Å². The number of nitrogens with zero attached hydrogens (tertiary/aromatic N) is 1. The van der Waals surface area contributed by atoms with E-state index in [4.69, 9.17) is 17.3 Å². The maximum absolute atomic E-state index is 12.8. The summed E-state index contributed by atoms with van der Waals surface area (Å²) in [6.45, 7) is 1.39. The van der Waals surface area contributed by atoms with Gasteiger partial charge in [0.25, 0.3) is 15.9 Å². The van der Waals surface area contributed by atoms with E-state index in [9.17, 15) is 26.4 Å². The normalized spacial score (nSPS) is 12.2. The number of carbonyl (C=O) groups is 1. The molecular weight excluding hydrogens is 373 g/mol. The molecule has 24 heavy (non-hydrogen) atoms. The van der Waals surface area contributed by atoms with E-state index in [1.165, 1.54) is 6.92 Å². The summed E-state index contributed by atoms with van der Waals surface area (Å²) in [6.07, 6.45) is -4.75. The summed E-state index contributed by atoms with van der Waals surface area (Å²) in [5, 5.41) is 5.47. The molecule has 0 unspecified atom stereocenters. The molecule has 1 aromatic carbocycles. The fourth-order valence-electron chi connectivity index (χ4n) is 1.81. The van der Waals surface area contributed by atoms with Crippen molar-refractivity contribution in [3.05, 3.63) is 40.2 Å². The van der Waals surface area contributed by atoms with Crippen molar-refractivity contribution >= 4 is 33.2 Å². The molecule has 0 spiro atoms. The van der Waals surface area contributed by atoms with E-state index in [1.807, 2.05) is 4.72 Å². The van der Waals surface area contributed by atoms with Gasteiger partial charge in [-0.25, -0.2) is 8.42 Å². The molecular formula is C12H10ClF3N4O3S. The van der Waals surface area contributed by atoms with E-state index < -0.39 is 43.3 Å². The second-order valence-electron chi connectivity index (χ2n) is 4.68. The average Bonchev–Trinajstić information content (AvgIpc) is 2.78. The number of carbonyl (C=O) groups excluding carboxylic acids is 1. The first-order valence-corrected chi connectivity index (χ1v) is 8.04. The van der Waals surface area contributed by atoms with Gasteiger partial charge in [-0.3, -0.25) is 14.6 Å². The molecule has 1 heterocycles. The van der Waals surface area contributed by atoms with Crippen molar-refractivity contribution in [1.29, 1.82) is 0 Å². The Kier molecular flexibility index (Phi) is 4.50. The van der Waals surface area contributed by atoms with E-state index in [0.717, 1.165) is 6.07 Å². The van der Waals surface area contributed by atoms with Crippen LogP contribution in [-0.2, 0) is 16.2 Å². The van der Waals surface area contributed by atoms with Crippen LogP contribution < -0.4 is 10.5 Å². The Morgan fingerprint density at radius 1 is 1.38 bits per heavy atom. The van der Waals surface area contributed by atoms with Gasteiger partial charge >= 0.3 is 6.18 Å². The van der Waals surface area contributed by atoms with Crippen LogP contribution in [0.15, 0.2) is 23.1 Å². The predicted molar refractivity (Wildman–Crippen MR) is 79.1 cm³/mol. The van der Waals surface area contributed by atoms with Crippen LogP contribution in [-0.4, -0.2) is 24.5 Å². The minimum Gasteiger partial charge on any atom is -0.364 e. The molecule has 1 aromatic heterocycles. The van der Waals surface area contributed by atoms with Crippen LogP contribution >= 0.6 is 11.6 Å². The Balaban J connectivity index is 2.53. The molecule has 7 nitrogen and oxygen atoms in total. The van der Waals surface area contributed by atoms with Crippen molar-refractivity contribution in [2.24, 2.45) is 5.73 Å². The molecule has 0 aliphatic rings. The topological polar surface area (TPSA) is 118 Å². The van der Waals surface area contributed by atoms with Gasteiger partial charge < -0.3 is 5.73 Å². The number of H-pyrrole nitrogens is 1. The quantitative estimate of drug-likeness (QED) is 0.751. The largest absolute Gasteiger partial charge is 0.416 e. The first kappa shape index (κ1) is 18.1. The Bertz CT molecular complexity index is 909. The highest BCUT2D eigenvalue weighted by Crippen LogP contribution is 2.34. The van der Waals surface area contributed by atoms with E-state index in [1.54, 1.807) is 0 Å². The van der Waals surface area contributed by atoms with Crippen LogP contribution in [0.4, 0.5) is 18.9 Å². The Morgan fingerprint density at radius 3 is 2.54 bits per heavy atom. The number of nitrogens with one attached hydrogen (secondary N) is 2. The zero-order chi connectivity index (χ0) is 18.3. The highest BCUT2D eigenvalue weighted by atomic mass is 35.5. The van der Waals surface area contributed by atoms with Crippen molar-refractivity contribution < 1.29 is 26.4 Å². The maximum atomic E-state index is 12.8. The van der Waals surface area contributed by atoms with Crippen molar-refractivity contribution in [2.75, 3.05) is 4.72 Å². The third-order valence-electron chi connectivity index (χ3n) is 2.97. The van der Waals surface area contributed by atoms with Gasteiger partial charge in [0, 0.05) is 0 Å². The average molecular weight is 383 g/mol. The summed E-state index contributed by atoms with van der Waals surface area (Å²) >= 11 is 5.71. The molecule has 0 atom stereocenters. The summed E-state index contributed by atoms with van der Waals surface area (Å²) in [7, 11) is -4.52. The molecule has 0 bridgehead atoms. The van der Waals surface area contributed by atoms with E-state index in [2.05, 4.69) is 10.2 Å². The monoisotopic (exact) mass is 382 g/mol. The fraction of sp³-hybridized carbons (Fsp3) is 0.167. The number of anilines is 1. The lowest BCUT2D eigenvalue weighted by Crippen LogP contribution is -2.19. The van der Waals surface area contributed by atoms with Gasteiger partial charge in [0.15, 0.2) is 5.69 Å². The number of rotatable bonds is 4. The molecule has 0 aliphatic heterocycles. The third-order valence-corrected chi connectivity index (χ3v) is 4.80. The molecule has 130 valence electrons. The van der Waals surface area contributed by atoms with Crippen LogP contribution in [0.25, 0.3) is 0 Å². The zero-order valence-electron chi connectivity index (χ0n) is 11.9. The van der Waals surface area contributed by atoms with Crippen molar-refractivity contribution in [2.45, 2.75) is 18.0 Å². The number of primary amides is 1. The smallest absolute Gasteiger partial charge is 0.364 e. The van der Waals surface area contributed by atoms with Gasteiger partial charge in [0.2, 0.25) is 0 Å². The number of hydrogen-bond donors (Lipinski definition) is 3. The molecule has 1 amide bonds. The molecule has 2 rings (SSSR count). The summed E-state index contributed by atoms with van der Waals surface area (Å²) in [5.41, 5.74) is 3.35. The summed E-state index contributed by atoms with van der Waals surface area (Å²) in [4.78, 5) is 10.4. The second kappa shape index (κ2) is 5.98. The highest BCUT2D eigenvalue weighted by molar-refractivity contribution is 7.92. The number of aromatic amines is 1. The minimum atomic E-state index is -4.75.